The molecule has 0 aliphatic heterocycles. The summed E-state index contributed by atoms with van der Waals surface area (Å²) in [6.45, 7) is 4.45. The second kappa shape index (κ2) is 5.40. The molecule has 0 radical (unpaired) electrons. The number of aliphatic hydroxyl groups excluding tert-OH is 1. The van der Waals surface area contributed by atoms with E-state index < -0.39 is 46.5 Å². The minimum atomic E-state index is -2.45. The molecule has 3 nitrogen and oxygen atoms in total. The molecule has 0 bridgehead atoms. The van der Waals surface area contributed by atoms with Crippen LogP contribution in [0, 0.1) is 29.1 Å². The maximum Gasteiger partial charge on any atom is 0.220 e. The molecule has 0 aliphatic carbocycles. The smallest absolute Gasteiger partial charge is 0.220 e. The van der Waals surface area contributed by atoms with E-state index in [-0.39, 0.29) is 0 Å². The first-order chi connectivity index (χ1) is 8.56. The lowest BCUT2D eigenvalue weighted by Gasteiger charge is -2.21. The fourth-order valence-corrected chi connectivity index (χ4v) is 1.08. The summed E-state index contributed by atoms with van der Waals surface area (Å²) < 4.78 is 65.0. The predicted octanol–water partition coefficient (Wildman–Crippen LogP) is 3.12. The lowest BCUT2D eigenvalue weighted by atomic mass is 10.1. The first kappa shape index (κ1) is 15.8. The van der Waals surface area contributed by atoms with Gasteiger partial charge in [0.2, 0.25) is 12.1 Å². The maximum absolute atomic E-state index is 13.3. The van der Waals surface area contributed by atoms with Crippen molar-refractivity contribution >= 4 is 0 Å². The van der Waals surface area contributed by atoms with Crippen molar-refractivity contribution in [2.45, 2.75) is 32.7 Å². The highest BCUT2D eigenvalue weighted by molar-refractivity contribution is 5.24. The van der Waals surface area contributed by atoms with Crippen molar-refractivity contribution in [3.63, 3.8) is 0 Å². The summed E-state index contributed by atoms with van der Waals surface area (Å²) >= 11 is 0. The Morgan fingerprint density at radius 2 is 1.21 bits per heavy atom. The topological polar surface area (TPSA) is 38.7 Å². The van der Waals surface area contributed by atoms with Gasteiger partial charge in [0.15, 0.2) is 23.3 Å². The largest absolute Gasteiger partial charge is 0.362 e. The molecule has 1 N–H and O–H groups in total. The zero-order valence-corrected chi connectivity index (χ0v) is 10.2. The summed E-state index contributed by atoms with van der Waals surface area (Å²) in [5, 5.41) is 9.30. The van der Waals surface area contributed by atoms with Crippen LogP contribution in [0.4, 0.5) is 22.0 Å². The molecule has 1 rings (SSSR count). The molecule has 1 aromatic rings. The van der Waals surface area contributed by atoms with E-state index in [2.05, 4.69) is 9.78 Å². The summed E-state index contributed by atoms with van der Waals surface area (Å²) in [5.74, 6) is -11.0. The van der Waals surface area contributed by atoms with Crippen LogP contribution in [-0.4, -0.2) is 10.7 Å². The highest BCUT2D eigenvalue weighted by Crippen LogP contribution is 2.29. The Bertz CT molecular complexity index is 455. The van der Waals surface area contributed by atoms with Crippen molar-refractivity contribution in [1.82, 2.24) is 0 Å². The number of hydrogen-bond acceptors (Lipinski definition) is 3. The minimum absolute atomic E-state index is 0.953. The van der Waals surface area contributed by atoms with Crippen molar-refractivity contribution in [1.29, 1.82) is 0 Å². The van der Waals surface area contributed by atoms with Crippen LogP contribution in [0.5, 0.6) is 0 Å². The molecule has 0 saturated carbocycles. The number of halogens is 5. The summed E-state index contributed by atoms with van der Waals surface area (Å²) in [6, 6.07) is 0. The Labute approximate surface area is 105 Å². The standard InChI is InChI=1S/C11H11F5O3/c1-11(2,3)19-18-10(17)4-5(12)7(14)9(16)8(15)6(4)13/h10,17H,1-3H3/t10-/m0/s1. The Balaban J connectivity index is 3.14. The van der Waals surface area contributed by atoms with Gasteiger partial charge in [0.25, 0.3) is 0 Å². The third-order valence-corrected chi connectivity index (χ3v) is 1.88. The first-order valence-electron chi connectivity index (χ1n) is 5.10. The summed E-state index contributed by atoms with van der Waals surface area (Å²) in [6.07, 6.45) is -2.45. The van der Waals surface area contributed by atoms with Gasteiger partial charge in [-0.2, -0.15) is 4.89 Å². The third kappa shape index (κ3) is 3.40. The lowest BCUT2D eigenvalue weighted by Crippen LogP contribution is -2.22. The Kier molecular flexibility index (Phi) is 4.49. The molecule has 0 aliphatic rings. The number of aliphatic hydroxyl groups is 1. The summed E-state index contributed by atoms with van der Waals surface area (Å²) in [5.41, 5.74) is -2.47. The molecule has 19 heavy (non-hydrogen) atoms. The fourth-order valence-electron chi connectivity index (χ4n) is 1.08. The molecule has 0 fully saturated rings. The van der Waals surface area contributed by atoms with Gasteiger partial charge >= 0.3 is 0 Å². The van der Waals surface area contributed by atoms with Crippen molar-refractivity contribution in [3.8, 4) is 0 Å². The molecule has 0 heterocycles. The molecule has 1 aromatic carbocycles. The molecule has 8 heteroatoms. The van der Waals surface area contributed by atoms with E-state index in [9.17, 15) is 27.1 Å². The number of rotatable bonds is 3. The quantitative estimate of drug-likeness (QED) is 0.232. The van der Waals surface area contributed by atoms with Crippen molar-refractivity contribution in [2.24, 2.45) is 0 Å². The molecule has 0 aromatic heterocycles. The fraction of sp³-hybridized carbons (Fsp3) is 0.455. The van der Waals surface area contributed by atoms with Gasteiger partial charge in [-0.3, -0.25) is 0 Å². The Morgan fingerprint density at radius 1 is 0.842 bits per heavy atom. The average Bonchev–Trinajstić information content (AvgIpc) is 2.31. The molecular formula is C11H11F5O3. The summed E-state index contributed by atoms with van der Waals surface area (Å²) in [7, 11) is 0. The van der Waals surface area contributed by atoms with Crippen LogP contribution < -0.4 is 0 Å². The highest BCUT2D eigenvalue weighted by Gasteiger charge is 2.31. The monoisotopic (exact) mass is 286 g/mol. The molecular weight excluding hydrogens is 275 g/mol. The van der Waals surface area contributed by atoms with Crippen LogP contribution >= 0.6 is 0 Å². The van der Waals surface area contributed by atoms with Gasteiger partial charge in [-0.1, -0.05) is 0 Å². The molecule has 108 valence electrons. The van der Waals surface area contributed by atoms with Gasteiger partial charge in [0.05, 0.1) is 11.2 Å². The average molecular weight is 286 g/mol. The highest BCUT2D eigenvalue weighted by atomic mass is 19.2. The van der Waals surface area contributed by atoms with Crippen LogP contribution in [0.25, 0.3) is 0 Å². The van der Waals surface area contributed by atoms with E-state index in [1.54, 1.807) is 0 Å². The SMILES string of the molecule is CC(C)(C)OO[C@H](O)c1c(F)c(F)c(F)c(F)c1F. The number of hydrogen-bond donors (Lipinski definition) is 1. The second-order valence-electron chi connectivity index (χ2n) is 4.63. The molecule has 0 unspecified atom stereocenters. The van der Waals surface area contributed by atoms with E-state index in [1.165, 1.54) is 20.8 Å². The van der Waals surface area contributed by atoms with E-state index >= 15 is 0 Å². The van der Waals surface area contributed by atoms with E-state index in [4.69, 9.17) is 0 Å². The van der Waals surface area contributed by atoms with Gasteiger partial charge in [-0.05, 0) is 20.8 Å². The van der Waals surface area contributed by atoms with Gasteiger partial charge in [0.1, 0.15) is 0 Å². The maximum atomic E-state index is 13.3. The van der Waals surface area contributed by atoms with Crippen molar-refractivity contribution < 1.29 is 36.8 Å². The van der Waals surface area contributed by atoms with Crippen LogP contribution in [-0.2, 0) is 9.78 Å². The normalized spacial score (nSPS) is 13.7. The van der Waals surface area contributed by atoms with E-state index in [0.29, 0.717) is 0 Å². The molecule has 0 saturated heterocycles. The Hall–Kier alpha value is -1.25. The first-order valence-corrected chi connectivity index (χ1v) is 5.10. The zero-order chi connectivity index (χ0) is 15.0. The van der Waals surface area contributed by atoms with Gasteiger partial charge in [-0.15, -0.1) is 0 Å². The van der Waals surface area contributed by atoms with E-state index in [1.807, 2.05) is 0 Å². The van der Waals surface area contributed by atoms with Crippen molar-refractivity contribution in [3.05, 3.63) is 34.6 Å². The molecule has 1 atom stereocenters. The number of benzene rings is 1. The van der Waals surface area contributed by atoms with Crippen LogP contribution in [0.2, 0.25) is 0 Å². The van der Waals surface area contributed by atoms with Gasteiger partial charge in [-0.25, -0.2) is 26.8 Å². The minimum Gasteiger partial charge on any atom is -0.362 e. The van der Waals surface area contributed by atoms with E-state index in [0.717, 1.165) is 0 Å². The predicted molar refractivity (Wildman–Crippen MR) is 53.1 cm³/mol. The van der Waals surface area contributed by atoms with Crippen LogP contribution in [0.15, 0.2) is 0 Å². The van der Waals surface area contributed by atoms with Gasteiger partial charge < -0.3 is 5.11 Å². The lowest BCUT2D eigenvalue weighted by molar-refractivity contribution is -0.414. The van der Waals surface area contributed by atoms with Crippen LogP contribution in [0.3, 0.4) is 0 Å². The van der Waals surface area contributed by atoms with Gasteiger partial charge in [0, 0.05) is 0 Å². The van der Waals surface area contributed by atoms with Crippen LogP contribution in [0.1, 0.15) is 32.6 Å². The zero-order valence-electron chi connectivity index (χ0n) is 10.2. The third-order valence-electron chi connectivity index (χ3n) is 1.88. The van der Waals surface area contributed by atoms with Crippen molar-refractivity contribution in [2.75, 3.05) is 0 Å². The second-order valence-corrected chi connectivity index (χ2v) is 4.63. The summed E-state index contributed by atoms with van der Waals surface area (Å²) in [4.78, 5) is 8.77. The molecule has 0 spiro atoms. The molecule has 0 amide bonds. The Morgan fingerprint density at radius 3 is 1.58 bits per heavy atom.